The van der Waals surface area contributed by atoms with E-state index < -0.39 is 6.10 Å². The Kier molecular flexibility index (Phi) is 54.9. The number of carbonyl (C=O) groups is 2. The second-order valence-electron chi connectivity index (χ2n) is 18.4. The summed E-state index contributed by atoms with van der Waals surface area (Å²) in [4.78, 5) is 25.5. The Morgan fingerprint density at radius 1 is 0.338 bits per heavy atom. The van der Waals surface area contributed by atoms with E-state index in [2.05, 4.69) is 130 Å². The summed E-state index contributed by atoms with van der Waals surface area (Å²) in [6.07, 6.45) is 79.6. The molecule has 5 nitrogen and oxygen atoms in total. The molecule has 0 radical (unpaired) electrons. The molecule has 5 heteroatoms. The average Bonchev–Trinajstić information content (AvgIpc) is 3.34. The van der Waals surface area contributed by atoms with Gasteiger partial charge in [0, 0.05) is 19.4 Å². The highest BCUT2D eigenvalue weighted by Crippen LogP contribution is 2.14. The number of unbranched alkanes of at least 4 members (excludes halogenated alkanes) is 22. The highest BCUT2D eigenvalue weighted by molar-refractivity contribution is 5.70. The van der Waals surface area contributed by atoms with Crippen LogP contribution in [-0.2, 0) is 23.8 Å². The molecule has 0 aliphatic rings. The van der Waals surface area contributed by atoms with Crippen LogP contribution in [0.3, 0.4) is 0 Å². The molecule has 1 unspecified atom stereocenters. The van der Waals surface area contributed by atoms with Crippen molar-refractivity contribution in [2.24, 2.45) is 0 Å². The first kappa shape index (κ1) is 64.6. The molecule has 0 saturated carbocycles. The summed E-state index contributed by atoms with van der Waals surface area (Å²) in [6, 6.07) is 0. The molecule has 0 aromatic rings. The predicted octanol–water partition coefficient (Wildman–Crippen LogP) is 19.6. The molecule has 0 rings (SSSR count). The maximum atomic E-state index is 12.9. The van der Waals surface area contributed by atoms with Gasteiger partial charge in [0.05, 0.1) is 6.61 Å². The molecule has 0 fully saturated rings. The van der Waals surface area contributed by atoms with Crippen molar-refractivity contribution >= 4 is 11.9 Å². The van der Waals surface area contributed by atoms with E-state index >= 15 is 0 Å². The fourth-order valence-corrected chi connectivity index (χ4v) is 7.60. The summed E-state index contributed by atoms with van der Waals surface area (Å²) < 4.78 is 17.4. The second kappa shape index (κ2) is 57.9. The SMILES string of the molecule is CC/C=C\C/C=C\C/C=C\C/C=C\CCCCCCC(=O)OCC(COCCCCCCCCCC/C=C\CCCCCCCC)OC(=O)CCCCCC/C=C\C/C=C\C/C=C\C/C=C\CC. The van der Waals surface area contributed by atoms with Crippen LogP contribution in [0.2, 0.25) is 0 Å². The van der Waals surface area contributed by atoms with E-state index in [1.54, 1.807) is 0 Å². The lowest BCUT2D eigenvalue weighted by atomic mass is 10.1. The quantitative estimate of drug-likeness (QED) is 0.0345. The molecule has 0 aliphatic heterocycles. The maximum absolute atomic E-state index is 12.9. The molecule has 0 aliphatic carbocycles. The van der Waals surface area contributed by atoms with Crippen molar-refractivity contribution in [2.45, 2.75) is 258 Å². The zero-order valence-electron chi connectivity index (χ0n) is 44.6. The minimum Gasteiger partial charge on any atom is -0.462 e. The normalized spacial score (nSPS) is 13.0. The topological polar surface area (TPSA) is 61.8 Å². The van der Waals surface area contributed by atoms with E-state index in [1.807, 2.05) is 0 Å². The number of ether oxygens (including phenoxy) is 3. The van der Waals surface area contributed by atoms with E-state index in [4.69, 9.17) is 14.2 Å². The van der Waals surface area contributed by atoms with Gasteiger partial charge >= 0.3 is 11.9 Å². The smallest absolute Gasteiger partial charge is 0.306 e. The molecule has 0 N–H and O–H groups in total. The van der Waals surface area contributed by atoms with Crippen molar-refractivity contribution in [3.05, 3.63) is 109 Å². The van der Waals surface area contributed by atoms with Crippen molar-refractivity contribution in [1.82, 2.24) is 0 Å². The fourth-order valence-electron chi connectivity index (χ4n) is 7.60. The Bertz CT molecular complexity index is 1340. The van der Waals surface area contributed by atoms with Gasteiger partial charge in [-0.2, -0.15) is 0 Å². The lowest BCUT2D eigenvalue weighted by Gasteiger charge is -2.18. The van der Waals surface area contributed by atoms with E-state index in [0.717, 1.165) is 128 Å². The van der Waals surface area contributed by atoms with Gasteiger partial charge in [-0.1, -0.05) is 226 Å². The summed E-state index contributed by atoms with van der Waals surface area (Å²) in [5.41, 5.74) is 0. The molecule has 0 bridgehead atoms. The van der Waals surface area contributed by atoms with Crippen LogP contribution in [0.25, 0.3) is 0 Å². The molecule has 0 aromatic carbocycles. The van der Waals surface area contributed by atoms with Crippen LogP contribution in [0.5, 0.6) is 0 Å². The number of hydrogen-bond acceptors (Lipinski definition) is 5. The van der Waals surface area contributed by atoms with Gasteiger partial charge in [-0.3, -0.25) is 9.59 Å². The Morgan fingerprint density at radius 2 is 0.662 bits per heavy atom. The number of hydrogen-bond donors (Lipinski definition) is 0. The largest absolute Gasteiger partial charge is 0.462 e. The Labute approximate surface area is 421 Å². The van der Waals surface area contributed by atoms with Gasteiger partial charge in [0.1, 0.15) is 6.61 Å². The Balaban J connectivity index is 4.38. The van der Waals surface area contributed by atoms with Gasteiger partial charge in [0.25, 0.3) is 0 Å². The van der Waals surface area contributed by atoms with Gasteiger partial charge < -0.3 is 14.2 Å². The number of carbonyl (C=O) groups excluding carboxylic acids is 2. The zero-order chi connectivity index (χ0) is 49.2. The van der Waals surface area contributed by atoms with Crippen molar-refractivity contribution in [2.75, 3.05) is 19.8 Å². The minimum atomic E-state index is -0.568. The molecule has 1 atom stereocenters. The standard InChI is InChI=1S/C63H106O5/c1-4-7-10-13-16-19-22-25-28-31-34-37-40-43-46-49-52-55-58-66-59-61(68-63(65)57-54-51-48-45-42-39-36-33-30-27-24-21-18-15-12-9-6-3)60-67-62(64)56-53-50-47-44-41-38-35-32-29-26-23-20-17-14-11-8-5-2/h8-9,11-12,17-18,20-21,25-30,35-36,38-39,61H,4-7,10,13-16,19,22-24,31-34,37,40-60H2,1-3H3/b11-8-,12-9-,20-17-,21-18-,28-25-,29-26-,30-27-,38-35-,39-36-. The number of esters is 2. The van der Waals surface area contributed by atoms with Crippen LogP contribution in [0.1, 0.15) is 252 Å². The second-order valence-corrected chi connectivity index (χ2v) is 18.4. The molecule has 0 saturated heterocycles. The van der Waals surface area contributed by atoms with E-state index in [9.17, 15) is 9.59 Å². The Morgan fingerprint density at radius 3 is 1.07 bits per heavy atom. The summed E-state index contributed by atoms with van der Waals surface area (Å²) in [5.74, 6) is -0.454. The molecule has 0 spiro atoms. The molecule has 0 aromatic heterocycles. The van der Waals surface area contributed by atoms with Gasteiger partial charge in [-0.25, -0.2) is 0 Å². The van der Waals surface area contributed by atoms with E-state index in [-0.39, 0.29) is 25.2 Å². The van der Waals surface area contributed by atoms with Crippen molar-refractivity contribution in [3.8, 4) is 0 Å². The maximum Gasteiger partial charge on any atom is 0.306 e. The summed E-state index contributed by atoms with van der Waals surface area (Å²) >= 11 is 0. The molecule has 0 amide bonds. The van der Waals surface area contributed by atoms with Crippen LogP contribution in [0.15, 0.2) is 109 Å². The summed E-state index contributed by atoms with van der Waals surface area (Å²) in [5, 5.41) is 0. The van der Waals surface area contributed by atoms with Gasteiger partial charge in [-0.15, -0.1) is 0 Å². The van der Waals surface area contributed by atoms with Gasteiger partial charge in [0.2, 0.25) is 0 Å². The summed E-state index contributed by atoms with van der Waals surface area (Å²) in [7, 11) is 0. The molecular formula is C63H106O5. The highest BCUT2D eigenvalue weighted by Gasteiger charge is 2.17. The van der Waals surface area contributed by atoms with Crippen LogP contribution in [0, 0.1) is 0 Å². The third-order valence-electron chi connectivity index (χ3n) is 11.8. The van der Waals surface area contributed by atoms with Crippen LogP contribution >= 0.6 is 0 Å². The first-order valence-corrected chi connectivity index (χ1v) is 28.4. The Hall–Kier alpha value is -3.44. The first-order chi connectivity index (χ1) is 33.6. The third kappa shape index (κ3) is 55.2. The number of rotatable bonds is 51. The zero-order valence-corrected chi connectivity index (χ0v) is 44.6. The van der Waals surface area contributed by atoms with Crippen LogP contribution in [0.4, 0.5) is 0 Å². The van der Waals surface area contributed by atoms with Crippen molar-refractivity contribution in [3.63, 3.8) is 0 Å². The van der Waals surface area contributed by atoms with E-state index in [1.165, 1.54) is 89.9 Å². The predicted molar refractivity (Wildman–Crippen MR) is 297 cm³/mol. The third-order valence-corrected chi connectivity index (χ3v) is 11.8. The number of allylic oxidation sites excluding steroid dienone is 18. The van der Waals surface area contributed by atoms with Crippen LogP contribution in [-0.4, -0.2) is 37.9 Å². The minimum absolute atomic E-state index is 0.0557. The molecule has 0 heterocycles. The van der Waals surface area contributed by atoms with Crippen molar-refractivity contribution in [1.29, 1.82) is 0 Å². The molecule has 388 valence electrons. The van der Waals surface area contributed by atoms with Crippen LogP contribution < -0.4 is 0 Å². The monoisotopic (exact) mass is 943 g/mol. The molecular weight excluding hydrogens is 837 g/mol. The lowest BCUT2D eigenvalue weighted by molar-refractivity contribution is -0.163. The van der Waals surface area contributed by atoms with Crippen molar-refractivity contribution < 1.29 is 23.8 Å². The fraction of sp³-hybridized carbons (Fsp3) is 0.683. The van der Waals surface area contributed by atoms with E-state index in [0.29, 0.717) is 19.4 Å². The van der Waals surface area contributed by atoms with Gasteiger partial charge in [0.15, 0.2) is 6.10 Å². The lowest BCUT2D eigenvalue weighted by Crippen LogP contribution is -2.30. The van der Waals surface area contributed by atoms with Gasteiger partial charge in [-0.05, 0) is 122 Å². The summed E-state index contributed by atoms with van der Waals surface area (Å²) in [6.45, 7) is 7.55. The molecule has 68 heavy (non-hydrogen) atoms. The average molecular weight is 944 g/mol. The highest BCUT2D eigenvalue weighted by atomic mass is 16.6. The first-order valence-electron chi connectivity index (χ1n) is 28.4.